The van der Waals surface area contributed by atoms with Gasteiger partial charge in [-0.15, -0.1) is 0 Å². The number of hydrogen-bond acceptors (Lipinski definition) is 2. The molecule has 2 nitrogen and oxygen atoms in total. The van der Waals surface area contributed by atoms with Gasteiger partial charge in [-0.05, 0) is 36.5 Å². The molecule has 2 rings (SSSR count). The summed E-state index contributed by atoms with van der Waals surface area (Å²) in [5.74, 6) is -0.556. The van der Waals surface area contributed by atoms with Crippen LogP contribution >= 0.6 is 0 Å². The Balaban J connectivity index is 2.29. The van der Waals surface area contributed by atoms with E-state index in [0.717, 1.165) is 31.2 Å². The van der Waals surface area contributed by atoms with Crippen LogP contribution in [0.4, 0.5) is 4.39 Å². The first-order valence-corrected chi connectivity index (χ1v) is 6.05. The molecule has 0 N–H and O–H groups in total. The van der Waals surface area contributed by atoms with E-state index in [2.05, 4.69) is 0 Å². The summed E-state index contributed by atoms with van der Waals surface area (Å²) < 4.78 is 18.1. The summed E-state index contributed by atoms with van der Waals surface area (Å²) in [5.41, 5.74) is 0.740. The van der Waals surface area contributed by atoms with E-state index in [-0.39, 0.29) is 17.7 Å². The predicted octanol–water partition coefficient (Wildman–Crippen LogP) is 3.27. The van der Waals surface area contributed by atoms with E-state index in [1.165, 1.54) is 19.2 Å². The van der Waals surface area contributed by atoms with Gasteiger partial charge in [0.1, 0.15) is 5.82 Å². The number of esters is 1. The first-order chi connectivity index (χ1) is 8.22. The molecule has 1 aromatic rings. The molecule has 1 aliphatic rings. The number of rotatable bonds is 3. The van der Waals surface area contributed by atoms with Crippen LogP contribution in [0.5, 0.6) is 0 Å². The van der Waals surface area contributed by atoms with E-state index in [9.17, 15) is 9.18 Å². The van der Waals surface area contributed by atoms with Gasteiger partial charge in [0.15, 0.2) is 0 Å². The first kappa shape index (κ1) is 12.1. The van der Waals surface area contributed by atoms with Gasteiger partial charge in [0.25, 0.3) is 0 Å². The molecule has 1 aromatic carbocycles. The highest BCUT2D eigenvalue weighted by atomic mass is 19.1. The topological polar surface area (TPSA) is 26.3 Å². The van der Waals surface area contributed by atoms with Crippen molar-refractivity contribution in [3.63, 3.8) is 0 Å². The van der Waals surface area contributed by atoms with Gasteiger partial charge in [0.05, 0.1) is 13.0 Å². The Morgan fingerprint density at radius 2 is 2.12 bits per heavy atom. The Hall–Kier alpha value is -1.38. The summed E-state index contributed by atoms with van der Waals surface area (Å²) in [6.07, 6.45) is 4.34. The number of methoxy groups -OCH3 is 1. The molecule has 0 saturated heterocycles. The van der Waals surface area contributed by atoms with Crippen LogP contribution in [0.3, 0.4) is 0 Å². The number of benzene rings is 1. The van der Waals surface area contributed by atoms with E-state index in [0.29, 0.717) is 5.92 Å². The van der Waals surface area contributed by atoms with Gasteiger partial charge >= 0.3 is 5.97 Å². The summed E-state index contributed by atoms with van der Waals surface area (Å²) in [6, 6.07) is 6.30. The number of halogens is 1. The maximum absolute atomic E-state index is 13.2. The van der Waals surface area contributed by atoms with E-state index in [4.69, 9.17) is 4.74 Å². The van der Waals surface area contributed by atoms with Crippen molar-refractivity contribution in [2.75, 3.05) is 7.11 Å². The van der Waals surface area contributed by atoms with E-state index >= 15 is 0 Å². The molecule has 17 heavy (non-hydrogen) atoms. The standard InChI is InChI=1S/C14H17FO2/c1-17-14(16)13(10-5-2-3-6-10)11-7-4-8-12(15)9-11/h4,7-10,13H,2-3,5-6H2,1H3/t13-/m1/s1. The van der Waals surface area contributed by atoms with Crippen molar-refractivity contribution < 1.29 is 13.9 Å². The lowest BCUT2D eigenvalue weighted by Gasteiger charge is -2.21. The van der Waals surface area contributed by atoms with Crippen LogP contribution in [0.15, 0.2) is 24.3 Å². The fourth-order valence-corrected chi connectivity index (χ4v) is 2.72. The lowest BCUT2D eigenvalue weighted by atomic mass is 9.85. The highest BCUT2D eigenvalue weighted by Gasteiger charge is 2.32. The van der Waals surface area contributed by atoms with E-state index in [1.807, 2.05) is 6.07 Å². The Kier molecular flexibility index (Phi) is 3.77. The van der Waals surface area contributed by atoms with Crippen LogP contribution in [-0.2, 0) is 9.53 Å². The third-order valence-electron chi connectivity index (χ3n) is 3.53. The van der Waals surface area contributed by atoms with Crippen LogP contribution in [0.2, 0.25) is 0 Å². The maximum atomic E-state index is 13.2. The number of carbonyl (C=O) groups is 1. The minimum absolute atomic E-state index is 0.248. The molecule has 0 radical (unpaired) electrons. The van der Waals surface area contributed by atoms with Gasteiger partial charge in [-0.3, -0.25) is 4.79 Å². The summed E-state index contributed by atoms with van der Waals surface area (Å²) in [6.45, 7) is 0. The van der Waals surface area contributed by atoms with Gasteiger partial charge in [-0.2, -0.15) is 0 Å². The van der Waals surface area contributed by atoms with Crippen molar-refractivity contribution in [1.82, 2.24) is 0 Å². The van der Waals surface area contributed by atoms with Crippen LogP contribution in [0, 0.1) is 11.7 Å². The zero-order valence-corrected chi connectivity index (χ0v) is 9.99. The quantitative estimate of drug-likeness (QED) is 0.753. The van der Waals surface area contributed by atoms with Gasteiger partial charge < -0.3 is 4.74 Å². The minimum atomic E-state index is -0.307. The molecular weight excluding hydrogens is 219 g/mol. The van der Waals surface area contributed by atoms with E-state index < -0.39 is 0 Å². The molecule has 0 amide bonds. The van der Waals surface area contributed by atoms with Crippen molar-refractivity contribution in [3.05, 3.63) is 35.6 Å². The van der Waals surface area contributed by atoms with Crippen LogP contribution in [-0.4, -0.2) is 13.1 Å². The van der Waals surface area contributed by atoms with Gasteiger partial charge in [-0.1, -0.05) is 25.0 Å². The summed E-state index contributed by atoms with van der Waals surface area (Å²) in [7, 11) is 1.39. The summed E-state index contributed by atoms with van der Waals surface area (Å²) in [5, 5.41) is 0. The molecule has 0 unspecified atom stereocenters. The smallest absolute Gasteiger partial charge is 0.313 e. The Morgan fingerprint density at radius 3 is 2.71 bits per heavy atom. The lowest BCUT2D eigenvalue weighted by molar-refractivity contribution is -0.143. The van der Waals surface area contributed by atoms with Crippen molar-refractivity contribution >= 4 is 5.97 Å². The molecule has 1 atom stereocenters. The highest BCUT2D eigenvalue weighted by molar-refractivity contribution is 5.78. The SMILES string of the molecule is COC(=O)[C@@H](c1cccc(F)c1)C1CCCC1. The molecule has 0 aromatic heterocycles. The molecule has 1 fully saturated rings. The normalized spacial score (nSPS) is 18.0. The molecule has 92 valence electrons. The molecule has 0 heterocycles. The Bertz CT molecular complexity index is 397. The second-order valence-electron chi connectivity index (χ2n) is 4.60. The molecule has 1 aliphatic carbocycles. The molecule has 0 bridgehead atoms. The second-order valence-corrected chi connectivity index (χ2v) is 4.60. The minimum Gasteiger partial charge on any atom is -0.469 e. The lowest BCUT2D eigenvalue weighted by Crippen LogP contribution is -2.21. The van der Waals surface area contributed by atoms with Crippen LogP contribution < -0.4 is 0 Å². The second kappa shape index (κ2) is 5.30. The largest absolute Gasteiger partial charge is 0.469 e. The third-order valence-corrected chi connectivity index (χ3v) is 3.53. The van der Waals surface area contributed by atoms with Gasteiger partial charge in [0, 0.05) is 0 Å². The van der Waals surface area contributed by atoms with Crippen LogP contribution in [0.25, 0.3) is 0 Å². The number of hydrogen-bond donors (Lipinski definition) is 0. The predicted molar refractivity (Wildman–Crippen MR) is 63.1 cm³/mol. The van der Waals surface area contributed by atoms with E-state index in [1.54, 1.807) is 6.07 Å². The number of carbonyl (C=O) groups excluding carboxylic acids is 1. The fraction of sp³-hybridized carbons (Fsp3) is 0.500. The van der Waals surface area contributed by atoms with Crippen molar-refractivity contribution in [3.8, 4) is 0 Å². The van der Waals surface area contributed by atoms with Crippen molar-refractivity contribution in [1.29, 1.82) is 0 Å². The zero-order chi connectivity index (χ0) is 12.3. The fourth-order valence-electron chi connectivity index (χ4n) is 2.72. The molecule has 0 spiro atoms. The highest BCUT2D eigenvalue weighted by Crippen LogP contribution is 2.38. The van der Waals surface area contributed by atoms with Gasteiger partial charge in [-0.25, -0.2) is 4.39 Å². The third kappa shape index (κ3) is 2.65. The Morgan fingerprint density at radius 1 is 1.41 bits per heavy atom. The molecule has 3 heteroatoms. The van der Waals surface area contributed by atoms with Crippen LogP contribution in [0.1, 0.15) is 37.2 Å². The molecule has 1 saturated carbocycles. The summed E-state index contributed by atoms with van der Waals surface area (Å²) in [4.78, 5) is 11.9. The summed E-state index contributed by atoms with van der Waals surface area (Å²) >= 11 is 0. The number of ether oxygens (including phenoxy) is 1. The molecular formula is C14H17FO2. The van der Waals surface area contributed by atoms with Crippen molar-refractivity contribution in [2.45, 2.75) is 31.6 Å². The van der Waals surface area contributed by atoms with Crippen molar-refractivity contribution in [2.24, 2.45) is 5.92 Å². The van der Waals surface area contributed by atoms with Gasteiger partial charge in [0.2, 0.25) is 0 Å². The average Bonchev–Trinajstić information content (AvgIpc) is 2.83. The average molecular weight is 236 g/mol. The first-order valence-electron chi connectivity index (χ1n) is 6.05. The maximum Gasteiger partial charge on any atom is 0.313 e. The molecule has 0 aliphatic heterocycles. The monoisotopic (exact) mass is 236 g/mol. The Labute approximate surface area is 101 Å². The zero-order valence-electron chi connectivity index (χ0n) is 9.99.